The highest BCUT2D eigenvalue weighted by Gasteiger charge is 2.01. The number of nitrogens with two attached hydrogens (primary N) is 1. The van der Waals surface area contributed by atoms with Crippen LogP contribution in [0.1, 0.15) is 17.5 Å². The van der Waals surface area contributed by atoms with Crippen LogP contribution in [0.25, 0.3) is 0 Å². The Morgan fingerprint density at radius 1 is 1.22 bits per heavy atom. The number of aryl methyl sites for hydroxylation is 1. The fourth-order valence-corrected chi connectivity index (χ4v) is 2.08. The summed E-state index contributed by atoms with van der Waals surface area (Å²) in [4.78, 5) is 2.30. The van der Waals surface area contributed by atoms with Gasteiger partial charge in [0.1, 0.15) is 0 Å². The quantitative estimate of drug-likeness (QED) is 0.794. The summed E-state index contributed by atoms with van der Waals surface area (Å²) in [5, 5.41) is 0. The van der Waals surface area contributed by atoms with Crippen molar-refractivity contribution in [3.05, 3.63) is 54.0 Å². The molecule has 2 rings (SSSR count). The molecule has 0 saturated carbocycles. The molecule has 3 nitrogen and oxygen atoms in total. The SMILES string of the molecule is CN(CCCc1cccc(N)c1)Cc1ccoc1. The molecule has 0 radical (unpaired) electrons. The van der Waals surface area contributed by atoms with E-state index in [4.69, 9.17) is 10.2 Å². The van der Waals surface area contributed by atoms with Crippen LogP contribution in [0.5, 0.6) is 0 Å². The number of hydrogen-bond donors (Lipinski definition) is 1. The first-order valence-electron chi connectivity index (χ1n) is 6.28. The van der Waals surface area contributed by atoms with Gasteiger partial charge < -0.3 is 15.1 Å². The van der Waals surface area contributed by atoms with Gasteiger partial charge in [-0.3, -0.25) is 0 Å². The smallest absolute Gasteiger partial charge is 0.0947 e. The predicted molar refractivity (Wildman–Crippen MR) is 74.2 cm³/mol. The Kier molecular flexibility index (Phi) is 4.42. The van der Waals surface area contributed by atoms with Crippen molar-refractivity contribution >= 4 is 5.69 Å². The molecule has 0 amide bonds. The van der Waals surface area contributed by atoms with E-state index in [-0.39, 0.29) is 0 Å². The average molecular weight is 244 g/mol. The van der Waals surface area contributed by atoms with Crippen molar-refractivity contribution in [3.8, 4) is 0 Å². The van der Waals surface area contributed by atoms with E-state index in [2.05, 4.69) is 24.1 Å². The molecule has 0 saturated heterocycles. The van der Waals surface area contributed by atoms with Gasteiger partial charge in [-0.05, 0) is 50.2 Å². The molecule has 0 atom stereocenters. The molecular formula is C15H20N2O. The zero-order valence-electron chi connectivity index (χ0n) is 10.8. The minimum absolute atomic E-state index is 0.847. The lowest BCUT2D eigenvalue weighted by atomic mass is 10.1. The lowest BCUT2D eigenvalue weighted by molar-refractivity contribution is 0.321. The molecule has 1 aromatic carbocycles. The van der Waals surface area contributed by atoms with Crippen molar-refractivity contribution in [3.63, 3.8) is 0 Å². The number of furan rings is 1. The Labute approximate surface area is 108 Å². The maximum absolute atomic E-state index is 5.76. The third-order valence-corrected chi connectivity index (χ3v) is 2.99. The fourth-order valence-electron chi connectivity index (χ4n) is 2.08. The highest BCUT2D eigenvalue weighted by Crippen LogP contribution is 2.10. The number of benzene rings is 1. The van der Waals surface area contributed by atoms with Crippen LogP contribution in [0, 0.1) is 0 Å². The molecule has 0 bridgehead atoms. The van der Waals surface area contributed by atoms with Crippen LogP contribution in [-0.2, 0) is 13.0 Å². The van der Waals surface area contributed by atoms with Crippen molar-refractivity contribution < 1.29 is 4.42 Å². The van der Waals surface area contributed by atoms with Gasteiger partial charge >= 0.3 is 0 Å². The zero-order valence-corrected chi connectivity index (χ0v) is 10.8. The summed E-state index contributed by atoms with van der Waals surface area (Å²) >= 11 is 0. The molecule has 96 valence electrons. The monoisotopic (exact) mass is 244 g/mol. The molecule has 18 heavy (non-hydrogen) atoms. The molecule has 0 aliphatic heterocycles. The fraction of sp³-hybridized carbons (Fsp3) is 0.333. The van der Waals surface area contributed by atoms with Crippen LogP contribution in [0.15, 0.2) is 47.3 Å². The lowest BCUT2D eigenvalue weighted by Gasteiger charge is -2.15. The van der Waals surface area contributed by atoms with E-state index >= 15 is 0 Å². The van der Waals surface area contributed by atoms with E-state index < -0.39 is 0 Å². The van der Waals surface area contributed by atoms with E-state index in [0.717, 1.165) is 31.6 Å². The Hall–Kier alpha value is -1.74. The minimum atomic E-state index is 0.847. The largest absolute Gasteiger partial charge is 0.472 e. The molecule has 0 aliphatic carbocycles. The molecular weight excluding hydrogens is 224 g/mol. The molecule has 0 spiro atoms. The molecule has 0 fully saturated rings. The summed E-state index contributed by atoms with van der Waals surface area (Å²) in [6.45, 7) is 2.01. The molecule has 3 heteroatoms. The summed E-state index contributed by atoms with van der Waals surface area (Å²) in [7, 11) is 2.13. The molecule has 1 aromatic heterocycles. The topological polar surface area (TPSA) is 42.4 Å². The number of anilines is 1. The maximum Gasteiger partial charge on any atom is 0.0947 e. The third-order valence-electron chi connectivity index (χ3n) is 2.99. The third kappa shape index (κ3) is 3.93. The first-order valence-corrected chi connectivity index (χ1v) is 6.28. The van der Waals surface area contributed by atoms with Crippen LogP contribution in [0.4, 0.5) is 5.69 Å². The highest BCUT2D eigenvalue weighted by molar-refractivity contribution is 5.40. The molecule has 0 unspecified atom stereocenters. The first-order chi connectivity index (χ1) is 8.74. The Bertz CT molecular complexity index is 465. The average Bonchev–Trinajstić information content (AvgIpc) is 2.82. The van der Waals surface area contributed by atoms with Crippen molar-refractivity contribution in [2.24, 2.45) is 0 Å². The van der Waals surface area contributed by atoms with Crippen LogP contribution < -0.4 is 5.73 Å². The summed E-state index contributed by atoms with van der Waals surface area (Å²) in [6, 6.07) is 10.1. The summed E-state index contributed by atoms with van der Waals surface area (Å²) < 4.78 is 5.06. The van der Waals surface area contributed by atoms with Crippen LogP contribution >= 0.6 is 0 Å². The van der Waals surface area contributed by atoms with Gasteiger partial charge in [0.25, 0.3) is 0 Å². The first kappa shape index (κ1) is 12.7. The molecule has 2 aromatic rings. The Morgan fingerprint density at radius 2 is 2.11 bits per heavy atom. The normalized spacial score (nSPS) is 11.0. The lowest BCUT2D eigenvalue weighted by Crippen LogP contribution is -2.19. The number of rotatable bonds is 6. The molecule has 0 aliphatic rings. The van der Waals surface area contributed by atoms with Crippen molar-refractivity contribution in [2.75, 3.05) is 19.3 Å². The van der Waals surface area contributed by atoms with Gasteiger partial charge in [0.15, 0.2) is 0 Å². The summed E-state index contributed by atoms with van der Waals surface area (Å²) in [5.41, 5.74) is 9.14. The Morgan fingerprint density at radius 3 is 2.83 bits per heavy atom. The van der Waals surface area contributed by atoms with Crippen LogP contribution in [0.3, 0.4) is 0 Å². The number of nitrogens with zero attached hydrogens (tertiary/aromatic N) is 1. The number of nitrogen functional groups attached to an aromatic ring is 1. The van der Waals surface area contributed by atoms with Gasteiger partial charge in [-0.25, -0.2) is 0 Å². The van der Waals surface area contributed by atoms with Gasteiger partial charge in [0.2, 0.25) is 0 Å². The van der Waals surface area contributed by atoms with Gasteiger partial charge in [-0.1, -0.05) is 12.1 Å². The van der Waals surface area contributed by atoms with Gasteiger partial charge in [-0.15, -0.1) is 0 Å². The molecule has 2 N–H and O–H groups in total. The van der Waals surface area contributed by atoms with E-state index in [1.54, 1.807) is 12.5 Å². The maximum atomic E-state index is 5.76. The summed E-state index contributed by atoms with van der Waals surface area (Å²) in [5.74, 6) is 0. The van der Waals surface area contributed by atoms with Crippen LogP contribution in [0.2, 0.25) is 0 Å². The number of hydrogen-bond acceptors (Lipinski definition) is 3. The van der Waals surface area contributed by atoms with E-state index in [1.165, 1.54) is 11.1 Å². The standard InChI is InChI=1S/C15H20N2O/c1-17(11-14-7-9-18-12-14)8-3-5-13-4-2-6-15(16)10-13/h2,4,6-7,9-10,12H,3,5,8,11,16H2,1H3. The van der Waals surface area contributed by atoms with Crippen molar-refractivity contribution in [1.82, 2.24) is 4.90 Å². The second-order valence-corrected chi connectivity index (χ2v) is 4.72. The van der Waals surface area contributed by atoms with E-state index in [1.807, 2.05) is 18.2 Å². The van der Waals surface area contributed by atoms with E-state index in [0.29, 0.717) is 0 Å². The van der Waals surface area contributed by atoms with E-state index in [9.17, 15) is 0 Å². The second-order valence-electron chi connectivity index (χ2n) is 4.72. The van der Waals surface area contributed by atoms with Gasteiger partial charge in [-0.2, -0.15) is 0 Å². The zero-order chi connectivity index (χ0) is 12.8. The predicted octanol–water partition coefficient (Wildman–Crippen LogP) is 2.93. The second kappa shape index (κ2) is 6.26. The van der Waals surface area contributed by atoms with Crippen molar-refractivity contribution in [1.29, 1.82) is 0 Å². The summed E-state index contributed by atoms with van der Waals surface area (Å²) in [6.07, 6.45) is 5.73. The minimum Gasteiger partial charge on any atom is -0.472 e. The highest BCUT2D eigenvalue weighted by atomic mass is 16.3. The molecule has 1 heterocycles. The van der Waals surface area contributed by atoms with Crippen molar-refractivity contribution in [2.45, 2.75) is 19.4 Å². The van der Waals surface area contributed by atoms with Gasteiger partial charge in [0, 0.05) is 17.8 Å². The van der Waals surface area contributed by atoms with Gasteiger partial charge in [0.05, 0.1) is 12.5 Å². The Balaban J connectivity index is 1.72. The van der Waals surface area contributed by atoms with Crippen LogP contribution in [-0.4, -0.2) is 18.5 Å².